The molecule has 0 radical (unpaired) electrons. The lowest BCUT2D eigenvalue weighted by Gasteiger charge is -2.19. The average Bonchev–Trinajstić information content (AvgIpc) is 2.86. The van der Waals surface area contributed by atoms with E-state index < -0.39 is 11.4 Å². The Kier molecular flexibility index (Phi) is 4.31. The van der Waals surface area contributed by atoms with Crippen LogP contribution in [0.2, 0.25) is 0 Å². The van der Waals surface area contributed by atoms with Crippen LogP contribution in [0, 0.1) is 5.41 Å². The number of carboxylic acids is 1. The normalized spacial score (nSPS) is 11.5. The van der Waals surface area contributed by atoms with Crippen LogP contribution in [0.5, 0.6) is 0 Å². The summed E-state index contributed by atoms with van der Waals surface area (Å²) in [6.45, 7) is 3.89. The number of aromatic nitrogens is 1. The molecule has 0 aliphatic rings. The van der Waals surface area contributed by atoms with Crippen molar-refractivity contribution in [1.29, 1.82) is 0 Å². The van der Waals surface area contributed by atoms with Gasteiger partial charge in [-0.15, -0.1) is 0 Å². The molecule has 0 bridgehead atoms. The predicted molar refractivity (Wildman–Crippen MR) is 81.0 cm³/mol. The zero-order valence-corrected chi connectivity index (χ0v) is 12.3. The summed E-state index contributed by atoms with van der Waals surface area (Å²) < 4.78 is 2.03. The molecule has 21 heavy (non-hydrogen) atoms. The Balaban J connectivity index is 1.88. The third-order valence-electron chi connectivity index (χ3n) is 3.57. The Morgan fingerprint density at radius 1 is 1.24 bits per heavy atom. The van der Waals surface area contributed by atoms with Gasteiger partial charge in [-0.25, -0.2) is 0 Å². The number of benzene rings is 1. The number of carbonyl (C=O) groups is 2. The van der Waals surface area contributed by atoms with Crippen molar-refractivity contribution in [2.45, 2.75) is 26.8 Å². The number of carboxylic acid groups (broad SMARTS) is 1. The summed E-state index contributed by atoms with van der Waals surface area (Å²) in [7, 11) is 0. The number of amides is 1. The molecule has 0 spiro atoms. The highest BCUT2D eigenvalue weighted by atomic mass is 16.4. The van der Waals surface area contributed by atoms with Gasteiger partial charge in [-0.1, -0.05) is 18.2 Å². The average molecular weight is 288 g/mol. The molecule has 1 heterocycles. The van der Waals surface area contributed by atoms with E-state index >= 15 is 0 Å². The number of aliphatic carboxylic acids is 1. The Morgan fingerprint density at radius 3 is 2.67 bits per heavy atom. The van der Waals surface area contributed by atoms with Gasteiger partial charge in [-0.2, -0.15) is 0 Å². The Morgan fingerprint density at radius 2 is 1.95 bits per heavy atom. The Bertz CT molecular complexity index is 658. The van der Waals surface area contributed by atoms with E-state index in [-0.39, 0.29) is 12.5 Å². The first-order valence-electron chi connectivity index (χ1n) is 6.94. The summed E-state index contributed by atoms with van der Waals surface area (Å²) in [5.41, 5.74) is 0.145. The largest absolute Gasteiger partial charge is 0.481 e. The number of carbonyl (C=O) groups excluding carboxylic acids is 1. The lowest BCUT2D eigenvalue weighted by molar-refractivity contribution is -0.146. The molecule has 5 nitrogen and oxygen atoms in total. The third kappa shape index (κ3) is 3.62. The molecule has 1 amide bonds. The van der Waals surface area contributed by atoms with E-state index in [2.05, 4.69) is 5.32 Å². The molecule has 0 fully saturated rings. The highest BCUT2D eigenvalue weighted by molar-refractivity contribution is 5.81. The summed E-state index contributed by atoms with van der Waals surface area (Å²) in [4.78, 5) is 22.8. The highest BCUT2D eigenvalue weighted by Crippen LogP contribution is 2.16. The van der Waals surface area contributed by atoms with Gasteiger partial charge >= 0.3 is 5.97 Å². The second kappa shape index (κ2) is 5.99. The molecule has 112 valence electrons. The molecular weight excluding hydrogens is 268 g/mol. The van der Waals surface area contributed by atoms with E-state index in [9.17, 15) is 9.59 Å². The van der Waals surface area contributed by atoms with Gasteiger partial charge in [0, 0.05) is 31.2 Å². The fraction of sp³-hybridized carbons (Fsp3) is 0.375. The standard InChI is InChI=1S/C16H20N2O3/c1-16(2,15(20)21)11-17-14(19)8-10-18-9-7-12-5-3-4-6-13(12)18/h3-7,9H,8,10-11H2,1-2H3,(H,17,19)(H,20,21). The molecule has 0 unspecified atom stereocenters. The molecule has 0 saturated carbocycles. The summed E-state index contributed by atoms with van der Waals surface area (Å²) in [6, 6.07) is 10.0. The third-order valence-corrected chi connectivity index (χ3v) is 3.57. The molecule has 2 rings (SSSR count). The molecule has 1 aromatic heterocycles. The maximum absolute atomic E-state index is 11.8. The van der Waals surface area contributed by atoms with Gasteiger partial charge < -0.3 is 15.0 Å². The van der Waals surface area contributed by atoms with Crippen LogP contribution in [-0.2, 0) is 16.1 Å². The second-order valence-corrected chi connectivity index (χ2v) is 5.78. The van der Waals surface area contributed by atoms with Gasteiger partial charge in [0.1, 0.15) is 0 Å². The van der Waals surface area contributed by atoms with Gasteiger partial charge in [0.25, 0.3) is 0 Å². The molecule has 1 aromatic carbocycles. The number of nitrogens with one attached hydrogen (secondary N) is 1. The number of hydrogen-bond donors (Lipinski definition) is 2. The topological polar surface area (TPSA) is 71.3 Å². The van der Waals surface area contributed by atoms with Crippen LogP contribution in [0.4, 0.5) is 0 Å². The Hall–Kier alpha value is -2.30. The minimum atomic E-state index is -0.949. The van der Waals surface area contributed by atoms with Crippen molar-refractivity contribution in [1.82, 2.24) is 9.88 Å². The summed E-state index contributed by atoms with van der Waals surface area (Å²) >= 11 is 0. The molecule has 2 aromatic rings. The van der Waals surface area contributed by atoms with E-state index in [1.165, 1.54) is 0 Å². The van der Waals surface area contributed by atoms with Crippen molar-refractivity contribution in [3.63, 3.8) is 0 Å². The highest BCUT2D eigenvalue weighted by Gasteiger charge is 2.27. The molecule has 0 aliphatic heterocycles. The molecule has 0 atom stereocenters. The minimum Gasteiger partial charge on any atom is -0.481 e. The monoisotopic (exact) mass is 288 g/mol. The van der Waals surface area contributed by atoms with E-state index in [0.29, 0.717) is 13.0 Å². The van der Waals surface area contributed by atoms with Crippen molar-refractivity contribution >= 4 is 22.8 Å². The Labute approximate surface area is 123 Å². The van der Waals surface area contributed by atoms with Crippen LogP contribution in [0.3, 0.4) is 0 Å². The van der Waals surface area contributed by atoms with Gasteiger partial charge in [0.15, 0.2) is 0 Å². The number of nitrogens with zero attached hydrogens (tertiary/aromatic N) is 1. The van der Waals surface area contributed by atoms with Gasteiger partial charge in [0.05, 0.1) is 5.41 Å². The number of para-hydroxylation sites is 1. The molecule has 2 N–H and O–H groups in total. The SMILES string of the molecule is CC(C)(CNC(=O)CCn1ccc2ccccc21)C(=O)O. The zero-order chi connectivity index (χ0) is 15.5. The molecule has 0 aliphatic carbocycles. The minimum absolute atomic E-state index is 0.133. The number of rotatable bonds is 6. The van der Waals surface area contributed by atoms with Crippen molar-refractivity contribution in [3.05, 3.63) is 36.5 Å². The van der Waals surface area contributed by atoms with Crippen molar-refractivity contribution in [3.8, 4) is 0 Å². The first kappa shape index (κ1) is 15.1. The van der Waals surface area contributed by atoms with E-state index in [0.717, 1.165) is 10.9 Å². The maximum atomic E-state index is 11.8. The first-order chi connectivity index (χ1) is 9.90. The zero-order valence-electron chi connectivity index (χ0n) is 12.3. The number of hydrogen-bond acceptors (Lipinski definition) is 2. The summed E-state index contributed by atoms with van der Waals surface area (Å²) in [5.74, 6) is -1.05. The predicted octanol–water partition coefficient (Wildman–Crippen LogP) is 2.26. The molecule has 5 heteroatoms. The number of fused-ring (bicyclic) bond motifs is 1. The maximum Gasteiger partial charge on any atom is 0.310 e. The van der Waals surface area contributed by atoms with Crippen LogP contribution in [0.15, 0.2) is 36.5 Å². The van der Waals surface area contributed by atoms with E-state index in [1.807, 2.05) is 41.1 Å². The van der Waals surface area contributed by atoms with Gasteiger partial charge in [0.2, 0.25) is 5.91 Å². The van der Waals surface area contributed by atoms with Crippen LogP contribution >= 0.6 is 0 Å². The lowest BCUT2D eigenvalue weighted by atomic mass is 9.94. The van der Waals surface area contributed by atoms with Crippen molar-refractivity contribution in [2.24, 2.45) is 5.41 Å². The lowest BCUT2D eigenvalue weighted by Crippen LogP contribution is -2.39. The van der Waals surface area contributed by atoms with E-state index in [4.69, 9.17) is 5.11 Å². The van der Waals surface area contributed by atoms with Gasteiger partial charge in [-0.3, -0.25) is 9.59 Å². The fourth-order valence-corrected chi connectivity index (χ4v) is 2.04. The van der Waals surface area contributed by atoms with E-state index in [1.54, 1.807) is 13.8 Å². The number of aryl methyl sites for hydroxylation is 1. The van der Waals surface area contributed by atoms with Crippen LogP contribution < -0.4 is 5.32 Å². The fourth-order valence-electron chi connectivity index (χ4n) is 2.04. The van der Waals surface area contributed by atoms with Crippen molar-refractivity contribution in [2.75, 3.05) is 6.54 Å². The van der Waals surface area contributed by atoms with Crippen molar-refractivity contribution < 1.29 is 14.7 Å². The van der Waals surface area contributed by atoms with Crippen LogP contribution in [0.25, 0.3) is 10.9 Å². The smallest absolute Gasteiger partial charge is 0.310 e. The summed E-state index contributed by atoms with van der Waals surface area (Å²) in [5, 5.41) is 12.8. The summed E-state index contributed by atoms with van der Waals surface area (Å²) in [6.07, 6.45) is 2.29. The van der Waals surface area contributed by atoms with Crippen LogP contribution in [-0.4, -0.2) is 28.1 Å². The molecule has 0 saturated heterocycles. The van der Waals surface area contributed by atoms with Gasteiger partial charge in [-0.05, 0) is 31.4 Å². The quantitative estimate of drug-likeness (QED) is 0.856. The first-order valence-corrected chi connectivity index (χ1v) is 6.94. The second-order valence-electron chi connectivity index (χ2n) is 5.78. The van der Waals surface area contributed by atoms with Crippen LogP contribution in [0.1, 0.15) is 20.3 Å². The molecular formula is C16H20N2O3.